The van der Waals surface area contributed by atoms with E-state index in [2.05, 4.69) is 0 Å². The minimum absolute atomic E-state index is 0.122. The number of hydrogen-bond donors (Lipinski definition) is 1. The van der Waals surface area contributed by atoms with Crippen LogP contribution in [0.15, 0.2) is 34.9 Å². The molecular formula is C15H16O5. The maximum absolute atomic E-state index is 11.2. The van der Waals surface area contributed by atoms with Gasteiger partial charge in [0.25, 0.3) is 0 Å². The standard InChI is InChI=1S/C15H16O5/c1-3-6-20-14-11(12-5-4-7-19-12)8-10(15(16)17)9-13(14)18-2/h4-5,7-9H,3,6H2,1-2H3,(H,16,17). The number of carboxylic acid groups (broad SMARTS) is 1. The van der Waals surface area contributed by atoms with E-state index in [1.54, 1.807) is 12.1 Å². The van der Waals surface area contributed by atoms with Gasteiger partial charge in [-0.25, -0.2) is 4.79 Å². The molecule has 1 aromatic carbocycles. The molecule has 0 bridgehead atoms. The normalized spacial score (nSPS) is 10.3. The van der Waals surface area contributed by atoms with Crippen molar-refractivity contribution in [1.82, 2.24) is 0 Å². The van der Waals surface area contributed by atoms with Crippen LogP contribution in [0, 0.1) is 0 Å². The van der Waals surface area contributed by atoms with Crippen LogP contribution in [0.3, 0.4) is 0 Å². The van der Waals surface area contributed by atoms with Crippen LogP contribution >= 0.6 is 0 Å². The van der Waals surface area contributed by atoms with Crippen molar-refractivity contribution in [1.29, 1.82) is 0 Å². The number of methoxy groups -OCH3 is 1. The molecule has 0 aliphatic heterocycles. The SMILES string of the molecule is CCCOc1c(OC)cc(C(=O)O)cc1-c1ccco1. The Bertz CT molecular complexity index is 587. The molecule has 2 aromatic rings. The molecule has 106 valence electrons. The number of benzene rings is 1. The van der Waals surface area contributed by atoms with Gasteiger partial charge in [-0.2, -0.15) is 0 Å². The van der Waals surface area contributed by atoms with E-state index in [0.29, 0.717) is 29.4 Å². The monoisotopic (exact) mass is 276 g/mol. The molecule has 0 unspecified atom stereocenters. The molecule has 5 heteroatoms. The predicted molar refractivity (Wildman–Crippen MR) is 73.4 cm³/mol. The van der Waals surface area contributed by atoms with Crippen molar-refractivity contribution in [3.05, 3.63) is 36.1 Å². The summed E-state index contributed by atoms with van der Waals surface area (Å²) in [5.41, 5.74) is 0.692. The third-order valence-corrected chi connectivity index (χ3v) is 2.76. The Labute approximate surface area is 116 Å². The zero-order chi connectivity index (χ0) is 14.5. The molecule has 1 N–H and O–H groups in total. The van der Waals surface area contributed by atoms with Crippen LogP contribution < -0.4 is 9.47 Å². The van der Waals surface area contributed by atoms with Crippen molar-refractivity contribution in [2.45, 2.75) is 13.3 Å². The number of ether oxygens (including phenoxy) is 2. The summed E-state index contributed by atoms with van der Waals surface area (Å²) in [5.74, 6) is 0.384. The topological polar surface area (TPSA) is 68.9 Å². The molecule has 0 atom stereocenters. The van der Waals surface area contributed by atoms with E-state index < -0.39 is 5.97 Å². The van der Waals surface area contributed by atoms with E-state index in [1.165, 1.54) is 25.5 Å². The van der Waals surface area contributed by atoms with Crippen LogP contribution in [0.4, 0.5) is 0 Å². The number of aromatic carboxylic acids is 1. The lowest BCUT2D eigenvalue weighted by Crippen LogP contribution is -2.03. The van der Waals surface area contributed by atoms with E-state index in [-0.39, 0.29) is 5.56 Å². The highest BCUT2D eigenvalue weighted by Crippen LogP contribution is 2.39. The fourth-order valence-electron chi connectivity index (χ4n) is 1.85. The molecule has 0 spiro atoms. The molecule has 1 aromatic heterocycles. The molecule has 0 aliphatic carbocycles. The summed E-state index contributed by atoms with van der Waals surface area (Å²) in [6, 6.07) is 6.45. The second-order valence-electron chi connectivity index (χ2n) is 4.19. The minimum atomic E-state index is -1.03. The maximum Gasteiger partial charge on any atom is 0.335 e. The molecule has 0 fully saturated rings. The Morgan fingerprint density at radius 1 is 1.40 bits per heavy atom. The summed E-state index contributed by atoms with van der Waals surface area (Å²) in [7, 11) is 1.48. The molecule has 1 heterocycles. The summed E-state index contributed by atoms with van der Waals surface area (Å²) < 4.78 is 16.3. The fraction of sp³-hybridized carbons (Fsp3) is 0.267. The lowest BCUT2D eigenvalue weighted by Gasteiger charge is -2.14. The highest BCUT2D eigenvalue weighted by molar-refractivity contribution is 5.91. The minimum Gasteiger partial charge on any atom is -0.493 e. The van der Waals surface area contributed by atoms with Crippen LogP contribution in [-0.4, -0.2) is 24.8 Å². The average Bonchev–Trinajstić information content (AvgIpc) is 2.98. The molecule has 5 nitrogen and oxygen atoms in total. The van der Waals surface area contributed by atoms with Crippen LogP contribution in [0.2, 0.25) is 0 Å². The van der Waals surface area contributed by atoms with Crippen molar-refractivity contribution in [3.8, 4) is 22.8 Å². The number of carboxylic acids is 1. The van der Waals surface area contributed by atoms with Gasteiger partial charge in [0.2, 0.25) is 0 Å². The predicted octanol–water partition coefficient (Wildman–Crippen LogP) is 3.44. The summed E-state index contributed by atoms with van der Waals surface area (Å²) >= 11 is 0. The molecular weight excluding hydrogens is 260 g/mol. The second kappa shape index (κ2) is 6.14. The highest BCUT2D eigenvalue weighted by Gasteiger charge is 2.19. The van der Waals surface area contributed by atoms with Gasteiger partial charge in [-0.15, -0.1) is 0 Å². The van der Waals surface area contributed by atoms with E-state index >= 15 is 0 Å². The third kappa shape index (κ3) is 2.77. The van der Waals surface area contributed by atoms with Crippen molar-refractivity contribution < 1.29 is 23.8 Å². The molecule has 0 saturated carbocycles. The molecule has 2 rings (SSSR count). The van der Waals surface area contributed by atoms with Gasteiger partial charge in [0.1, 0.15) is 5.76 Å². The second-order valence-corrected chi connectivity index (χ2v) is 4.19. The Morgan fingerprint density at radius 3 is 2.75 bits per heavy atom. The lowest BCUT2D eigenvalue weighted by molar-refractivity contribution is 0.0696. The zero-order valence-corrected chi connectivity index (χ0v) is 11.4. The zero-order valence-electron chi connectivity index (χ0n) is 11.4. The van der Waals surface area contributed by atoms with Crippen molar-refractivity contribution in [2.24, 2.45) is 0 Å². The fourth-order valence-corrected chi connectivity index (χ4v) is 1.85. The largest absolute Gasteiger partial charge is 0.493 e. The van der Waals surface area contributed by atoms with E-state index in [0.717, 1.165) is 6.42 Å². The Kier molecular flexibility index (Phi) is 4.30. The molecule has 0 amide bonds. The summed E-state index contributed by atoms with van der Waals surface area (Å²) in [6.45, 7) is 2.50. The first-order valence-electron chi connectivity index (χ1n) is 6.29. The van der Waals surface area contributed by atoms with Crippen LogP contribution in [0.1, 0.15) is 23.7 Å². The first-order chi connectivity index (χ1) is 9.67. The van der Waals surface area contributed by atoms with Gasteiger partial charge in [0.15, 0.2) is 11.5 Å². The van der Waals surface area contributed by atoms with Gasteiger partial charge >= 0.3 is 5.97 Å². The number of carbonyl (C=O) groups is 1. The van der Waals surface area contributed by atoms with Crippen molar-refractivity contribution in [3.63, 3.8) is 0 Å². The van der Waals surface area contributed by atoms with Gasteiger partial charge in [-0.3, -0.25) is 0 Å². The van der Waals surface area contributed by atoms with Gasteiger partial charge in [0.05, 0.1) is 31.1 Å². The smallest absolute Gasteiger partial charge is 0.335 e. The van der Waals surface area contributed by atoms with Crippen molar-refractivity contribution in [2.75, 3.05) is 13.7 Å². The molecule has 20 heavy (non-hydrogen) atoms. The van der Waals surface area contributed by atoms with Crippen LogP contribution in [0.25, 0.3) is 11.3 Å². The quantitative estimate of drug-likeness (QED) is 0.875. The van der Waals surface area contributed by atoms with Crippen molar-refractivity contribution >= 4 is 5.97 Å². The maximum atomic E-state index is 11.2. The van der Waals surface area contributed by atoms with E-state index in [4.69, 9.17) is 19.0 Å². The molecule has 0 saturated heterocycles. The van der Waals surface area contributed by atoms with Gasteiger partial charge in [-0.1, -0.05) is 6.92 Å². The summed E-state index contributed by atoms with van der Waals surface area (Å²) in [4.78, 5) is 11.2. The number of furan rings is 1. The summed E-state index contributed by atoms with van der Waals surface area (Å²) in [6.07, 6.45) is 2.36. The third-order valence-electron chi connectivity index (χ3n) is 2.76. The Balaban J connectivity index is 2.59. The molecule has 0 aliphatic rings. The van der Waals surface area contributed by atoms with Crippen LogP contribution in [0.5, 0.6) is 11.5 Å². The van der Waals surface area contributed by atoms with Gasteiger partial charge in [-0.05, 0) is 30.7 Å². The highest BCUT2D eigenvalue weighted by atomic mass is 16.5. The van der Waals surface area contributed by atoms with Gasteiger partial charge in [0, 0.05) is 0 Å². The number of rotatable bonds is 6. The lowest BCUT2D eigenvalue weighted by atomic mass is 10.1. The summed E-state index contributed by atoms with van der Waals surface area (Å²) in [5, 5.41) is 9.17. The Hall–Kier alpha value is -2.43. The first kappa shape index (κ1) is 14.0. The molecule has 0 radical (unpaired) electrons. The average molecular weight is 276 g/mol. The van der Waals surface area contributed by atoms with Gasteiger partial charge < -0.3 is 19.0 Å². The van der Waals surface area contributed by atoms with Crippen LogP contribution in [-0.2, 0) is 0 Å². The number of hydrogen-bond acceptors (Lipinski definition) is 4. The van der Waals surface area contributed by atoms with E-state index in [1.807, 2.05) is 6.92 Å². The Morgan fingerprint density at radius 2 is 2.20 bits per heavy atom. The first-order valence-corrected chi connectivity index (χ1v) is 6.29. The van der Waals surface area contributed by atoms with E-state index in [9.17, 15) is 4.79 Å².